The summed E-state index contributed by atoms with van der Waals surface area (Å²) in [5.74, 6) is 0.685. The van der Waals surface area contributed by atoms with Crippen LogP contribution in [0.15, 0.2) is 48.5 Å². The molecule has 1 aromatic heterocycles. The van der Waals surface area contributed by atoms with Crippen molar-refractivity contribution >= 4 is 30.1 Å². The molecule has 0 spiro atoms. The number of benzene rings is 2. The van der Waals surface area contributed by atoms with Crippen LogP contribution >= 0.6 is 0 Å². The number of nitrogens with zero attached hydrogens (tertiary/aromatic N) is 1. The molecule has 0 aliphatic carbocycles. The van der Waals surface area contributed by atoms with Gasteiger partial charge in [-0.3, -0.25) is 0 Å². The Hall–Kier alpha value is -1.90. The molecule has 0 radical (unpaired) electrons. The third kappa shape index (κ3) is 2.33. The number of para-hydroxylation sites is 1. The van der Waals surface area contributed by atoms with Crippen LogP contribution in [0.25, 0.3) is 9.78 Å². The van der Waals surface area contributed by atoms with E-state index in [9.17, 15) is 4.79 Å². The van der Waals surface area contributed by atoms with Gasteiger partial charge in [-0.1, -0.05) is 0 Å². The molecule has 0 saturated heterocycles. The molecule has 2 aromatic carbocycles. The van der Waals surface area contributed by atoms with Crippen molar-refractivity contribution in [1.82, 2.24) is 4.98 Å². The quantitative estimate of drug-likeness (QED) is 0.551. The van der Waals surface area contributed by atoms with E-state index in [2.05, 4.69) is 4.98 Å². The number of ketones is 1. The zero-order valence-corrected chi connectivity index (χ0v) is 12.0. The molecule has 0 bridgehead atoms. The van der Waals surface area contributed by atoms with Gasteiger partial charge in [0.15, 0.2) is 0 Å². The Morgan fingerprint density at radius 3 is 2.79 bits per heavy atom. The van der Waals surface area contributed by atoms with Gasteiger partial charge in [0.2, 0.25) is 0 Å². The van der Waals surface area contributed by atoms with Gasteiger partial charge in [-0.05, 0) is 0 Å². The number of hydrogen-bond acceptors (Lipinski definition) is 3. The van der Waals surface area contributed by atoms with Gasteiger partial charge in [-0.15, -0.1) is 0 Å². The van der Waals surface area contributed by atoms with Crippen LogP contribution in [0, 0.1) is 0 Å². The van der Waals surface area contributed by atoms with Crippen molar-refractivity contribution in [3.63, 3.8) is 0 Å². The molecular formula is C15H11NO2Se. The van der Waals surface area contributed by atoms with Gasteiger partial charge in [0, 0.05) is 0 Å². The zero-order valence-electron chi connectivity index (χ0n) is 10.3. The van der Waals surface area contributed by atoms with Crippen molar-refractivity contribution in [2.45, 2.75) is 0 Å². The molecule has 0 atom stereocenters. The number of methoxy groups -OCH3 is 1. The number of ether oxygens (including phenoxy) is 1. The molecule has 19 heavy (non-hydrogen) atoms. The van der Waals surface area contributed by atoms with Crippen LogP contribution in [0.3, 0.4) is 0 Å². The van der Waals surface area contributed by atoms with E-state index in [1.807, 2.05) is 36.4 Å². The molecule has 3 nitrogen and oxygen atoms in total. The molecule has 4 heteroatoms. The van der Waals surface area contributed by atoms with Crippen LogP contribution in [0.4, 0.5) is 0 Å². The van der Waals surface area contributed by atoms with Gasteiger partial charge >= 0.3 is 116 Å². The normalized spacial score (nSPS) is 10.6. The Morgan fingerprint density at radius 1 is 1.16 bits per heavy atom. The van der Waals surface area contributed by atoms with Crippen LogP contribution in [-0.4, -0.2) is 32.4 Å². The molecule has 0 N–H and O–H groups in total. The number of hydrogen-bond donors (Lipinski definition) is 0. The first kappa shape index (κ1) is 12.1. The Balaban J connectivity index is 2.02. The number of carbonyl (C=O) groups excluding carboxylic acids is 1. The third-order valence-electron chi connectivity index (χ3n) is 2.82. The first-order chi connectivity index (χ1) is 9.28. The summed E-state index contributed by atoms with van der Waals surface area (Å²) in [6, 6.07) is 15.1. The second-order valence-corrected chi connectivity index (χ2v) is 6.21. The summed E-state index contributed by atoms with van der Waals surface area (Å²) in [6.07, 6.45) is 0. The second-order valence-electron chi connectivity index (χ2n) is 4.05. The molecule has 0 aliphatic heterocycles. The molecule has 1 heterocycles. The molecule has 0 fully saturated rings. The molecule has 3 aromatic rings. The average molecular weight is 316 g/mol. The van der Waals surface area contributed by atoms with Crippen molar-refractivity contribution in [3.05, 3.63) is 58.7 Å². The number of carbonyl (C=O) groups is 1. The second kappa shape index (κ2) is 5.00. The average Bonchev–Trinajstić information content (AvgIpc) is 2.90. The number of rotatable bonds is 3. The van der Waals surface area contributed by atoms with Gasteiger partial charge in [-0.2, -0.15) is 0 Å². The van der Waals surface area contributed by atoms with Crippen molar-refractivity contribution in [2.75, 3.05) is 7.11 Å². The predicted molar refractivity (Wildman–Crippen MR) is 75.1 cm³/mol. The molecule has 0 unspecified atom stereocenters. The molecule has 0 aliphatic rings. The number of aromatic nitrogens is 1. The van der Waals surface area contributed by atoms with Gasteiger partial charge in [-0.25, -0.2) is 0 Å². The fourth-order valence-electron chi connectivity index (χ4n) is 1.86. The third-order valence-corrected chi connectivity index (χ3v) is 4.99. The SMILES string of the molecule is COc1cccc(C(=O)c2nc3ccccc3[se]2)c1. The Bertz CT molecular complexity index is 715. The van der Waals surface area contributed by atoms with Crippen molar-refractivity contribution < 1.29 is 9.53 Å². The topological polar surface area (TPSA) is 39.2 Å². The Kier molecular flexibility index (Phi) is 3.20. The zero-order chi connectivity index (χ0) is 13.2. The van der Waals surface area contributed by atoms with E-state index in [1.165, 1.54) is 4.26 Å². The van der Waals surface area contributed by atoms with Crippen molar-refractivity contribution in [3.8, 4) is 5.75 Å². The summed E-state index contributed by atoms with van der Waals surface area (Å²) in [5.41, 5.74) is 1.56. The summed E-state index contributed by atoms with van der Waals surface area (Å²) in [6.45, 7) is 0. The molecule has 0 saturated carbocycles. The van der Waals surface area contributed by atoms with Crippen LogP contribution in [0.5, 0.6) is 5.75 Å². The fourth-order valence-corrected chi connectivity index (χ4v) is 3.80. The van der Waals surface area contributed by atoms with E-state index in [-0.39, 0.29) is 20.3 Å². The first-order valence-electron chi connectivity index (χ1n) is 5.82. The van der Waals surface area contributed by atoms with E-state index in [4.69, 9.17) is 4.74 Å². The van der Waals surface area contributed by atoms with Crippen LogP contribution in [-0.2, 0) is 0 Å². The molecular weight excluding hydrogens is 305 g/mol. The van der Waals surface area contributed by atoms with E-state index in [1.54, 1.807) is 19.2 Å². The summed E-state index contributed by atoms with van der Waals surface area (Å²) < 4.78 is 6.96. The van der Waals surface area contributed by atoms with Crippen molar-refractivity contribution in [1.29, 1.82) is 0 Å². The minimum absolute atomic E-state index is 0.00322. The van der Waals surface area contributed by atoms with Gasteiger partial charge in [0.05, 0.1) is 0 Å². The standard InChI is InChI=1S/C15H11NO2Se/c1-18-11-6-4-5-10(9-11)14(17)15-16-12-7-2-3-8-13(12)19-15/h2-9H,1H3. The van der Waals surface area contributed by atoms with Crippen LogP contribution in [0.2, 0.25) is 0 Å². The van der Waals surface area contributed by atoms with Crippen LogP contribution in [0.1, 0.15) is 14.9 Å². The van der Waals surface area contributed by atoms with E-state index >= 15 is 0 Å². The van der Waals surface area contributed by atoms with E-state index in [0.29, 0.717) is 15.9 Å². The van der Waals surface area contributed by atoms with Gasteiger partial charge in [0.1, 0.15) is 0 Å². The van der Waals surface area contributed by atoms with E-state index in [0.717, 1.165) is 5.52 Å². The van der Waals surface area contributed by atoms with Gasteiger partial charge < -0.3 is 0 Å². The van der Waals surface area contributed by atoms with Crippen molar-refractivity contribution in [2.24, 2.45) is 0 Å². The van der Waals surface area contributed by atoms with Crippen LogP contribution < -0.4 is 4.74 Å². The maximum absolute atomic E-state index is 12.4. The number of fused-ring (bicyclic) bond motifs is 1. The summed E-state index contributed by atoms with van der Waals surface area (Å²) in [5, 5.41) is 0. The molecule has 0 amide bonds. The monoisotopic (exact) mass is 317 g/mol. The molecule has 3 rings (SSSR count). The Labute approximate surface area is 116 Å². The summed E-state index contributed by atoms with van der Waals surface area (Å²) in [7, 11) is 1.59. The first-order valence-corrected chi connectivity index (χ1v) is 7.53. The fraction of sp³-hybridized carbons (Fsp3) is 0.0667. The molecule has 94 valence electrons. The van der Waals surface area contributed by atoms with Gasteiger partial charge in [0.25, 0.3) is 0 Å². The predicted octanol–water partition coefficient (Wildman–Crippen LogP) is 2.53. The van der Waals surface area contributed by atoms with E-state index < -0.39 is 0 Å². The summed E-state index contributed by atoms with van der Waals surface area (Å²) in [4.78, 5) is 16.9. The summed E-state index contributed by atoms with van der Waals surface area (Å²) >= 11 is -0.00322. The minimum atomic E-state index is -0.00454. The Morgan fingerprint density at radius 2 is 2.00 bits per heavy atom. The maximum atomic E-state index is 12.4.